The number of sulfonamides is 1. The van der Waals surface area contributed by atoms with Crippen molar-refractivity contribution in [3.05, 3.63) is 98.5 Å². The minimum atomic E-state index is -4.00. The first-order valence-electron chi connectivity index (χ1n) is 12.7. The van der Waals surface area contributed by atoms with Crippen molar-refractivity contribution >= 4 is 62.3 Å². The summed E-state index contributed by atoms with van der Waals surface area (Å²) < 4.78 is 26.7. The number of halogens is 3. The van der Waals surface area contributed by atoms with E-state index in [0.717, 1.165) is 27.3 Å². The fourth-order valence-electron chi connectivity index (χ4n) is 4.11. The number of aryl methyl sites for hydroxylation is 1. The Morgan fingerprint density at radius 3 is 2.12 bits per heavy atom. The molecule has 0 bridgehead atoms. The SMILES string of the molecule is CCCNC(=O)[C@H](Cc1ccccc1)N(Cc1ccc(C)cc1)C(=O)CN(c1cc(Cl)c(Cl)cc1Cl)S(C)(=O)=O. The van der Waals surface area contributed by atoms with Gasteiger partial charge >= 0.3 is 0 Å². The van der Waals surface area contributed by atoms with Crippen LogP contribution in [0.2, 0.25) is 15.1 Å². The molecule has 11 heteroatoms. The van der Waals surface area contributed by atoms with E-state index in [0.29, 0.717) is 13.0 Å². The molecule has 0 saturated carbocycles. The maximum absolute atomic E-state index is 14.1. The summed E-state index contributed by atoms with van der Waals surface area (Å²) in [5, 5.41) is 3.14. The fraction of sp³-hybridized carbons (Fsp3) is 0.310. The molecule has 0 fully saturated rings. The van der Waals surface area contributed by atoms with Gasteiger partial charge in [0.15, 0.2) is 0 Å². The van der Waals surface area contributed by atoms with Crippen molar-refractivity contribution in [3.8, 4) is 0 Å². The average molecular weight is 625 g/mol. The van der Waals surface area contributed by atoms with Gasteiger partial charge in [0.05, 0.1) is 27.0 Å². The Hall–Kier alpha value is -2.78. The summed E-state index contributed by atoms with van der Waals surface area (Å²) in [4.78, 5) is 29.0. The van der Waals surface area contributed by atoms with Crippen molar-refractivity contribution in [2.45, 2.75) is 39.3 Å². The van der Waals surface area contributed by atoms with Crippen molar-refractivity contribution in [3.63, 3.8) is 0 Å². The van der Waals surface area contributed by atoms with Crippen LogP contribution in [0, 0.1) is 6.92 Å². The largest absolute Gasteiger partial charge is 0.354 e. The molecule has 0 heterocycles. The number of benzene rings is 3. The second-order valence-corrected chi connectivity index (χ2v) is 12.6. The number of carbonyl (C=O) groups is 2. The van der Waals surface area contributed by atoms with Gasteiger partial charge in [0, 0.05) is 19.5 Å². The van der Waals surface area contributed by atoms with Crippen molar-refractivity contribution in [1.82, 2.24) is 10.2 Å². The van der Waals surface area contributed by atoms with Gasteiger partial charge in [-0.05, 0) is 36.6 Å². The van der Waals surface area contributed by atoms with Gasteiger partial charge in [-0.2, -0.15) is 0 Å². The van der Waals surface area contributed by atoms with Crippen molar-refractivity contribution in [2.24, 2.45) is 0 Å². The molecule has 3 rings (SSSR count). The summed E-state index contributed by atoms with van der Waals surface area (Å²) in [5.74, 6) is -0.912. The zero-order chi connectivity index (χ0) is 29.4. The second-order valence-electron chi connectivity index (χ2n) is 9.49. The molecule has 3 aromatic carbocycles. The van der Waals surface area contributed by atoms with E-state index in [2.05, 4.69) is 5.32 Å². The van der Waals surface area contributed by atoms with Crippen LogP contribution in [-0.2, 0) is 32.6 Å². The molecule has 0 aliphatic carbocycles. The molecule has 1 atom stereocenters. The van der Waals surface area contributed by atoms with Gasteiger partial charge < -0.3 is 10.2 Å². The highest BCUT2D eigenvalue weighted by Crippen LogP contribution is 2.35. The molecular weight excluding hydrogens is 593 g/mol. The van der Waals surface area contributed by atoms with Gasteiger partial charge in [-0.15, -0.1) is 0 Å². The van der Waals surface area contributed by atoms with Gasteiger partial charge in [0.2, 0.25) is 21.8 Å². The van der Waals surface area contributed by atoms with Crippen molar-refractivity contribution in [2.75, 3.05) is 23.7 Å². The first-order chi connectivity index (χ1) is 18.9. The van der Waals surface area contributed by atoms with Gasteiger partial charge in [0.25, 0.3) is 0 Å². The van der Waals surface area contributed by atoms with Gasteiger partial charge in [0.1, 0.15) is 12.6 Å². The Bertz CT molecular complexity index is 1430. The smallest absolute Gasteiger partial charge is 0.244 e. The maximum Gasteiger partial charge on any atom is 0.244 e. The fourth-order valence-corrected chi connectivity index (χ4v) is 5.65. The molecule has 0 radical (unpaired) electrons. The van der Waals surface area contributed by atoms with E-state index in [4.69, 9.17) is 34.8 Å². The lowest BCUT2D eigenvalue weighted by Gasteiger charge is -2.33. The van der Waals surface area contributed by atoms with Crippen LogP contribution in [0.4, 0.5) is 5.69 Å². The minimum absolute atomic E-state index is 0.0113. The Morgan fingerprint density at radius 2 is 1.52 bits per heavy atom. The molecule has 0 aliphatic rings. The van der Waals surface area contributed by atoms with Crippen LogP contribution < -0.4 is 9.62 Å². The quantitative estimate of drug-likeness (QED) is 0.255. The molecule has 0 saturated heterocycles. The van der Waals surface area contributed by atoms with Crippen LogP contribution in [-0.4, -0.2) is 50.5 Å². The molecule has 0 unspecified atom stereocenters. The Labute approximate surface area is 251 Å². The summed E-state index contributed by atoms with van der Waals surface area (Å²) in [5.41, 5.74) is 2.70. The van der Waals surface area contributed by atoms with Crippen molar-refractivity contribution in [1.29, 1.82) is 0 Å². The Balaban J connectivity index is 2.07. The highest BCUT2D eigenvalue weighted by Gasteiger charge is 2.33. The monoisotopic (exact) mass is 623 g/mol. The van der Waals surface area contributed by atoms with E-state index in [1.807, 2.05) is 68.4 Å². The van der Waals surface area contributed by atoms with E-state index in [-0.39, 0.29) is 39.6 Å². The van der Waals surface area contributed by atoms with E-state index >= 15 is 0 Å². The first kappa shape index (κ1) is 31.7. The van der Waals surface area contributed by atoms with Gasteiger partial charge in [-0.25, -0.2) is 8.42 Å². The second kappa shape index (κ2) is 14.2. The van der Waals surface area contributed by atoms with Gasteiger partial charge in [-0.1, -0.05) is 102 Å². The summed E-state index contributed by atoms with van der Waals surface area (Å²) in [6.45, 7) is 3.81. The average Bonchev–Trinajstić information content (AvgIpc) is 2.91. The summed E-state index contributed by atoms with van der Waals surface area (Å²) in [6, 6.07) is 18.7. The predicted molar refractivity (Wildman–Crippen MR) is 163 cm³/mol. The number of hydrogen-bond acceptors (Lipinski definition) is 4. The Morgan fingerprint density at radius 1 is 0.900 bits per heavy atom. The van der Waals surface area contributed by atoms with E-state index in [1.54, 1.807) is 0 Å². The molecule has 0 aromatic heterocycles. The number of nitrogens with one attached hydrogen (secondary N) is 1. The Kier molecular flexibility index (Phi) is 11.3. The number of amides is 2. The molecule has 0 aliphatic heterocycles. The molecule has 1 N–H and O–H groups in total. The number of nitrogens with zero attached hydrogens (tertiary/aromatic N) is 2. The van der Waals surface area contributed by atoms with Crippen molar-refractivity contribution < 1.29 is 18.0 Å². The molecular formula is C29H32Cl3N3O4S. The normalized spacial score (nSPS) is 12.1. The number of anilines is 1. The molecule has 2 amide bonds. The topological polar surface area (TPSA) is 86.8 Å². The highest BCUT2D eigenvalue weighted by molar-refractivity contribution is 7.92. The molecule has 0 spiro atoms. The predicted octanol–water partition coefficient (Wildman–Crippen LogP) is 5.89. The lowest BCUT2D eigenvalue weighted by molar-refractivity contribution is -0.140. The lowest BCUT2D eigenvalue weighted by atomic mass is 10.0. The van der Waals surface area contributed by atoms with E-state index in [1.165, 1.54) is 17.0 Å². The third-order valence-corrected chi connectivity index (χ3v) is 8.38. The summed E-state index contributed by atoms with van der Waals surface area (Å²) in [7, 11) is -4.00. The minimum Gasteiger partial charge on any atom is -0.354 e. The first-order valence-corrected chi connectivity index (χ1v) is 15.7. The molecule has 40 heavy (non-hydrogen) atoms. The van der Waals surface area contributed by atoms with Crippen LogP contribution in [0.1, 0.15) is 30.0 Å². The number of carbonyl (C=O) groups excluding carboxylic acids is 2. The zero-order valence-corrected chi connectivity index (χ0v) is 25.6. The number of hydrogen-bond donors (Lipinski definition) is 1. The van der Waals surface area contributed by atoms with Crippen LogP contribution in [0.15, 0.2) is 66.7 Å². The molecule has 214 valence electrons. The van der Waals surface area contributed by atoms with E-state index in [9.17, 15) is 18.0 Å². The zero-order valence-electron chi connectivity index (χ0n) is 22.5. The third kappa shape index (κ3) is 8.61. The maximum atomic E-state index is 14.1. The van der Waals surface area contributed by atoms with Crippen LogP contribution in [0.5, 0.6) is 0 Å². The molecule has 3 aromatic rings. The van der Waals surface area contributed by atoms with Crippen LogP contribution >= 0.6 is 34.8 Å². The number of rotatable bonds is 12. The standard InChI is InChI=1S/C29H32Cl3N3O4S/c1-4-14-33-29(37)27(15-21-8-6-5-7-9-21)34(18-22-12-10-20(2)11-13-22)28(36)19-35(40(3,38)39)26-17-24(31)23(30)16-25(26)32/h5-13,16-17,27H,4,14-15,18-19H2,1-3H3,(H,33,37)/t27-/m0/s1. The third-order valence-electron chi connectivity index (χ3n) is 6.23. The van der Waals surface area contributed by atoms with Crippen LogP contribution in [0.3, 0.4) is 0 Å². The highest BCUT2D eigenvalue weighted by atomic mass is 35.5. The van der Waals surface area contributed by atoms with Gasteiger partial charge in [-0.3, -0.25) is 13.9 Å². The summed E-state index contributed by atoms with van der Waals surface area (Å²) in [6.07, 6.45) is 1.92. The summed E-state index contributed by atoms with van der Waals surface area (Å²) >= 11 is 18.6. The molecule has 7 nitrogen and oxygen atoms in total. The lowest BCUT2D eigenvalue weighted by Crippen LogP contribution is -2.53. The van der Waals surface area contributed by atoms with E-state index < -0.39 is 28.5 Å². The van der Waals surface area contributed by atoms with Crippen LogP contribution in [0.25, 0.3) is 0 Å².